The number of hydrazine groups is 1. The summed E-state index contributed by atoms with van der Waals surface area (Å²) in [5, 5.41) is 3.72. The fourth-order valence-electron chi connectivity index (χ4n) is 4.34. The highest BCUT2D eigenvalue weighted by atomic mass is 16.3. The molecule has 2 aromatic rings. The number of benzene rings is 1. The maximum Gasteiger partial charge on any atom is 0.122 e. The normalized spacial score (nSPS) is 26.0. The van der Waals surface area contributed by atoms with Crippen LogP contribution in [0, 0.1) is 18.8 Å². The molecule has 4 rings (SSSR count). The van der Waals surface area contributed by atoms with E-state index in [2.05, 4.69) is 57.5 Å². The van der Waals surface area contributed by atoms with Gasteiger partial charge >= 0.3 is 0 Å². The Labute approximate surface area is 162 Å². The molecule has 3 unspecified atom stereocenters. The predicted octanol–water partition coefficient (Wildman–Crippen LogP) is 2.51. The molecule has 27 heavy (non-hydrogen) atoms. The van der Waals surface area contributed by atoms with Crippen molar-refractivity contribution >= 4 is 0 Å². The van der Waals surface area contributed by atoms with E-state index in [1.807, 2.05) is 13.0 Å². The van der Waals surface area contributed by atoms with Crippen LogP contribution in [-0.4, -0.2) is 44.2 Å². The van der Waals surface area contributed by atoms with Crippen LogP contribution in [0.5, 0.6) is 0 Å². The van der Waals surface area contributed by atoms with E-state index in [0.29, 0.717) is 5.92 Å². The molecule has 2 aliphatic rings. The van der Waals surface area contributed by atoms with Gasteiger partial charge < -0.3 is 14.6 Å². The molecule has 5 heteroatoms. The van der Waals surface area contributed by atoms with Crippen LogP contribution in [0.15, 0.2) is 46.9 Å². The molecule has 1 aromatic carbocycles. The molecule has 0 radical (unpaired) electrons. The second-order valence-corrected chi connectivity index (χ2v) is 8.06. The number of furan rings is 1. The summed E-state index contributed by atoms with van der Waals surface area (Å²) in [6.45, 7) is 8.75. The van der Waals surface area contributed by atoms with Crippen molar-refractivity contribution in [1.29, 1.82) is 0 Å². The Hall–Kier alpha value is -1.66. The SMILES string of the molecule is Cc1ccc(C2NNCC2CNCC2CCN(CCc3ccccc3)C2)o1. The molecule has 3 atom stereocenters. The molecule has 2 aliphatic heterocycles. The van der Waals surface area contributed by atoms with E-state index in [4.69, 9.17) is 4.42 Å². The van der Waals surface area contributed by atoms with E-state index in [9.17, 15) is 0 Å². The monoisotopic (exact) mass is 368 g/mol. The highest BCUT2D eigenvalue weighted by Gasteiger charge is 2.30. The van der Waals surface area contributed by atoms with Gasteiger partial charge in [-0.25, -0.2) is 5.43 Å². The summed E-state index contributed by atoms with van der Waals surface area (Å²) < 4.78 is 5.82. The Kier molecular flexibility index (Phi) is 6.24. The van der Waals surface area contributed by atoms with E-state index in [0.717, 1.165) is 43.5 Å². The number of nitrogens with zero attached hydrogens (tertiary/aromatic N) is 1. The molecule has 3 N–H and O–H groups in total. The fourth-order valence-corrected chi connectivity index (χ4v) is 4.34. The molecule has 2 saturated heterocycles. The van der Waals surface area contributed by atoms with E-state index in [1.165, 1.54) is 31.6 Å². The maximum atomic E-state index is 5.82. The van der Waals surface area contributed by atoms with Crippen LogP contribution in [-0.2, 0) is 6.42 Å². The highest BCUT2D eigenvalue weighted by molar-refractivity contribution is 5.15. The van der Waals surface area contributed by atoms with Crippen molar-refractivity contribution < 1.29 is 4.42 Å². The van der Waals surface area contributed by atoms with E-state index < -0.39 is 0 Å². The Morgan fingerprint density at radius 2 is 2.04 bits per heavy atom. The third kappa shape index (κ3) is 4.99. The smallest absolute Gasteiger partial charge is 0.122 e. The fraction of sp³-hybridized carbons (Fsp3) is 0.545. The number of likely N-dealkylation sites (tertiary alicyclic amines) is 1. The zero-order valence-corrected chi connectivity index (χ0v) is 16.3. The first-order valence-corrected chi connectivity index (χ1v) is 10.3. The summed E-state index contributed by atoms with van der Waals surface area (Å²) in [7, 11) is 0. The third-order valence-corrected chi connectivity index (χ3v) is 5.93. The van der Waals surface area contributed by atoms with Gasteiger partial charge in [0.25, 0.3) is 0 Å². The Balaban J connectivity index is 1.16. The molecule has 146 valence electrons. The summed E-state index contributed by atoms with van der Waals surface area (Å²) in [4.78, 5) is 2.62. The summed E-state index contributed by atoms with van der Waals surface area (Å²) in [6.07, 6.45) is 2.47. The second-order valence-electron chi connectivity index (χ2n) is 8.06. The lowest BCUT2D eigenvalue weighted by molar-refractivity contribution is 0.320. The molecule has 3 heterocycles. The van der Waals surface area contributed by atoms with E-state index in [-0.39, 0.29) is 6.04 Å². The molecule has 2 fully saturated rings. The van der Waals surface area contributed by atoms with Crippen molar-refractivity contribution in [1.82, 2.24) is 21.1 Å². The van der Waals surface area contributed by atoms with Crippen LogP contribution in [0.25, 0.3) is 0 Å². The molecule has 1 aromatic heterocycles. The van der Waals surface area contributed by atoms with Crippen LogP contribution < -0.4 is 16.2 Å². The minimum atomic E-state index is 0.261. The zero-order chi connectivity index (χ0) is 18.5. The summed E-state index contributed by atoms with van der Waals surface area (Å²) >= 11 is 0. The zero-order valence-electron chi connectivity index (χ0n) is 16.3. The maximum absolute atomic E-state index is 5.82. The van der Waals surface area contributed by atoms with Gasteiger partial charge in [0.15, 0.2) is 0 Å². The van der Waals surface area contributed by atoms with E-state index in [1.54, 1.807) is 0 Å². The van der Waals surface area contributed by atoms with Gasteiger partial charge in [0.2, 0.25) is 0 Å². The third-order valence-electron chi connectivity index (χ3n) is 5.93. The van der Waals surface area contributed by atoms with Crippen LogP contribution >= 0.6 is 0 Å². The second kappa shape index (κ2) is 9.02. The lowest BCUT2D eigenvalue weighted by Gasteiger charge is -2.19. The Bertz CT molecular complexity index is 701. The molecular weight excluding hydrogens is 336 g/mol. The Morgan fingerprint density at radius 3 is 2.85 bits per heavy atom. The first-order valence-electron chi connectivity index (χ1n) is 10.3. The van der Waals surface area contributed by atoms with Gasteiger partial charge in [0, 0.05) is 32.1 Å². The van der Waals surface area contributed by atoms with Crippen LogP contribution in [0.1, 0.15) is 29.5 Å². The van der Waals surface area contributed by atoms with Gasteiger partial charge in [-0.3, -0.25) is 5.43 Å². The van der Waals surface area contributed by atoms with Gasteiger partial charge in [-0.15, -0.1) is 0 Å². The minimum Gasteiger partial charge on any atom is -0.465 e. The predicted molar refractivity (Wildman–Crippen MR) is 108 cm³/mol. The molecule has 0 saturated carbocycles. The van der Waals surface area contributed by atoms with Crippen molar-refractivity contribution in [2.45, 2.75) is 25.8 Å². The largest absolute Gasteiger partial charge is 0.465 e. The summed E-state index contributed by atoms with van der Waals surface area (Å²) in [5.74, 6) is 3.31. The van der Waals surface area contributed by atoms with Crippen LogP contribution in [0.2, 0.25) is 0 Å². The average Bonchev–Trinajstić information content (AvgIpc) is 3.42. The average molecular weight is 369 g/mol. The Morgan fingerprint density at radius 1 is 1.15 bits per heavy atom. The van der Waals surface area contributed by atoms with Gasteiger partial charge in [0.1, 0.15) is 11.5 Å². The summed E-state index contributed by atoms with van der Waals surface area (Å²) in [5.41, 5.74) is 8.10. The molecular formula is C22H32N4O. The van der Waals surface area contributed by atoms with Crippen LogP contribution in [0.3, 0.4) is 0 Å². The molecule has 0 bridgehead atoms. The number of aryl methyl sites for hydroxylation is 1. The molecule has 0 spiro atoms. The van der Waals surface area contributed by atoms with E-state index >= 15 is 0 Å². The van der Waals surface area contributed by atoms with Crippen molar-refractivity contribution in [3.05, 3.63) is 59.5 Å². The number of rotatable bonds is 8. The topological polar surface area (TPSA) is 52.5 Å². The summed E-state index contributed by atoms with van der Waals surface area (Å²) in [6, 6.07) is 15.2. The quantitative estimate of drug-likeness (QED) is 0.668. The van der Waals surface area contributed by atoms with Gasteiger partial charge in [-0.2, -0.15) is 0 Å². The first-order chi connectivity index (χ1) is 13.3. The van der Waals surface area contributed by atoms with Gasteiger partial charge in [-0.1, -0.05) is 30.3 Å². The highest BCUT2D eigenvalue weighted by Crippen LogP contribution is 2.26. The van der Waals surface area contributed by atoms with Crippen molar-refractivity contribution in [2.75, 3.05) is 39.3 Å². The van der Waals surface area contributed by atoms with Crippen molar-refractivity contribution in [3.63, 3.8) is 0 Å². The number of nitrogens with one attached hydrogen (secondary N) is 3. The lowest BCUT2D eigenvalue weighted by Crippen LogP contribution is -2.33. The standard InChI is InChI=1S/C22H32N4O/c1-17-7-8-21(27-17)22-20(15-24-25-22)14-23-13-19-10-12-26(16-19)11-9-18-5-3-2-4-6-18/h2-8,19-20,22-25H,9-16H2,1H3. The molecule has 0 aliphatic carbocycles. The molecule has 0 amide bonds. The van der Waals surface area contributed by atoms with Gasteiger partial charge in [0.05, 0.1) is 6.04 Å². The first kappa shape index (κ1) is 18.7. The van der Waals surface area contributed by atoms with Gasteiger partial charge in [-0.05, 0) is 56.5 Å². The number of hydrogen-bond acceptors (Lipinski definition) is 5. The van der Waals surface area contributed by atoms with Crippen molar-refractivity contribution in [3.8, 4) is 0 Å². The minimum absolute atomic E-state index is 0.261. The van der Waals surface area contributed by atoms with Crippen molar-refractivity contribution in [2.24, 2.45) is 11.8 Å². The van der Waals surface area contributed by atoms with Crippen LogP contribution in [0.4, 0.5) is 0 Å². The molecule has 5 nitrogen and oxygen atoms in total. The lowest BCUT2D eigenvalue weighted by atomic mass is 9.99. The number of hydrogen-bond donors (Lipinski definition) is 3.